The Hall–Kier alpha value is -2.20. The molecule has 0 saturated carbocycles. The lowest BCUT2D eigenvalue weighted by Crippen LogP contribution is -1.84. The predicted octanol–water partition coefficient (Wildman–Crippen LogP) is 0.841. The first-order chi connectivity index (χ1) is 5.70. The van der Waals surface area contributed by atoms with E-state index in [1.165, 1.54) is 0 Å². The summed E-state index contributed by atoms with van der Waals surface area (Å²) >= 11 is 0. The van der Waals surface area contributed by atoms with Crippen LogP contribution in [0, 0.1) is 22.7 Å². The molecule has 4 heteroatoms. The van der Waals surface area contributed by atoms with E-state index in [-0.39, 0.29) is 22.6 Å². The van der Waals surface area contributed by atoms with Gasteiger partial charge in [0.05, 0.1) is 0 Å². The van der Waals surface area contributed by atoms with Crippen molar-refractivity contribution < 1.29 is 10.2 Å². The van der Waals surface area contributed by atoms with Crippen LogP contribution in [0.25, 0.3) is 0 Å². The van der Waals surface area contributed by atoms with Gasteiger partial charge < -0.3 is 10.2 Å². The first kappa shape index (κ1) is 7.90. The van der Waals surface area contributed by atoms with Crippen molar-refractivity contribution in [2.75, 3.05) is 0 Å². The number of aromatic hydroxyl groups is 2. The third-order valence-corrected chi connectivity index (χ3v) is 1.38. The molecule has 0 aliphatic rings. The molecule has 0 radical (unpaired) electrons. The van der Waals surface area contributed by atoms with Crippen LogP contribution in [0.4, 0.5) is 0 Å². The molecule has 4 nitrogen and oxygen atoms in total. The monoisotopic (exact) mass is 160 g/mol. The number of phenols is 2. The first-order valence-electron chi connectivity index (χ1n) is 3.06. The largest absolute Gasteiger partial charge is 0.507 e. The quantitative estimate of drug-likeness (QED) is 0.550. The van der Waals surface area contributed by atoms with Gasteiger partial charge in [0.25, 0.3) is 0 Å². The molecule has 0 aromatic heterocycles. The van der Waals surface area contributed by atoms with Crippen LogP contribution < -0.4 is 0 Å². The Kier molecular flexibility index (Phi) is 1.85. The van der Waals surface area contributed by atoms with E-state index in [2.05, 4.69) is 0 Å². The van der Waals surface area contributed by atoms with Gasteiger partial charge in [0.1, 0.15) is 34.8 Å². The standard InChI is InChI=1S/C8H4N2O2/c9-3-5-6(4-10)8(12)2-1-7(5)11/h1-2,11-12H. The lowest BCUT2D eigenvalue weighted by molar-refractivity contribution is 0.457. The van der Waals surface area contributed by atoms with E-state index in [9.17, 15) is 0 Å². The zero-order valence-corrected chi connectivity index (χ0v) is 5.94. The Bertz CT molecular complexity index is 360. The van der Waals surface area contributed by atoms with E-state index in [1.54, 1.807) is 12.1 Å². The molecule has 0 saturated heterocycles. The van der Waals surface area contributed by atoms with E-state index in [4.69, 9.17) is 20.7 Å². The second kappa shape index (κ2) is 2.81. The number of phenolic OH excluding ortho intramolecular Hbond substituents is 2. The summed E-state index contributed by atoms with van der Waals surface area (Å²) in [6.45, 7) is 0. The summed E-state index contributed by atoms with van der Waals surface area (Å²) in [5, 5.41) is 35.1. The topological polar surface area (TPSA) is 88.0 Å². The minimum Gasteiger partial charge on any atom is -0.507 e. The van der Waals surface area contributed by atoms with Crippen LogP contribution >= 0.6 is 0 Å². The van der Waals surface area contributed by atoms with Crippen molar-refractivity contribution in [2.45, 2.75) is 0 Å². The van der Waals surface area contributed by atoms with Crippen LogP contribution in [0.1, 0.15) is 11.1 Å². The number of nitrogens with zero attached hydrogens (tertiary/aromatic N) is 2. The second-order valence-corrected chi connectivity index (χ2v) is 2.08. The molecule has 0 atom stereocenters. The molecule has 1 aromatic carbocycles. The van der Waals surface area contributed by atoms with Crippen molar-refractivity contribution in [3.05, 3.63) is 23.3 Å². The zero-order chi connectivity index (χ0) is 9.14. The van der Waals surface area contributed by atoms with Crippen molar-refractivity contribution in [3.63, 3.8) is 0 Å². The number of nitriles is 2. The van der Waals surface area contributed by atoms with Crippen LogP contribution in [-0.2, 0) is 0 Å². The second-order valence-electron chi connectivity index (χ2n) is 2.08. The number of hydrogen-bond acceptors (Lipinski definition) is 4. The lowest BCUT2D eigenvalue weighted by atomic mass is 10.1. The summed E-state index contributed by atoms with van der Waals surface area (Å²) in [6, 6.07) is 5.57. The van der Waals surface area contributed by atoms with E-state index < -0.39 is 0 Å². The molecule has 0 fully saturated rings. The number of rotatable bonds is 0. The highest BCUT2D eigenvalue weighted by Gasteiger charge is 2.10. The summed E-state index contributed by atoms with van der Waals surface area (Å²) in [5.41, 5.74) is -0.394. The maximum Gasteiger partial charge on any atom is 0.134 e. The maximum atomic E-state index is 9.06. The maximum absolute atomic E-state index is 9.06. The normalized spacial score (nSPS) is 8.50. The smallest absolute Gasteiger partial charge is 0.134 e. The summed E-state index contributed by atoms with van der Waals surface area (Å²) in [6.07, 6.45) is 0. The first-order valence-corrected chi connectivity index (χ1v) is 3.06. The fourth-order valence-electron chi connectivity index (χ4n) is 0.807. The molecule has 58 valence electrons. The van der Waals surface area contributed by atoms with Gasteiger partial charge in [-0.1, -0.05) is 0 Å². The van der Waals surface area contributed by atoms with E-state index in [1.807, 2.05) is 0 Å². The molecule has 1 rings (SSSR count). The average molecular weight is 160 g/mol. The van der Waals surface area contributed by atoms with Gasteiger partial charge in [0, 0.05) is 0 Å². The Labute approximate surface area is 68.5 Å². The van der Waals surface area contributed by atoms with Gasteiger partial charge in [0.15, 0.2) is 0 Å². The Balaban J connectivity index is 3.55. The van der Waals surface area contributed by atoms with Crippen molar-refractivity contribution >= 4 is 0 Å². The number of hydrogen-bond donors (Lipinski definition) is 2. The average Bonchev–Trinajstić information content (AvgIpc) is 2.08. The van der Waals surface area contributed by atoms with Gasteiger partial charge >= 0.3 is 0 Å². The molecule has 2 N–H and O–H groups in total. The van der Waals surface area contributed by atoms with E-state index >= 15 is 0 Å². The van der Waals surface area contributed by atoms with Crippen molar-refractivity contribution in [1.82, 2.24) is 0 Å². The van der Waals surface area contributed by atoms with Gasteiger partial charge in [-0.15, -0.1) is 0 Å². The molecule has 0 unspecified atom stereocenters. The number of benzene rings is 1. The fraction of sp³-hybridized carbons (Fsp3) is 0. The molecule has 0 aliphatic carbocycles. The Morgan fingerprint density at radius 1 is 0.917 bits per heavy atom. The molecular formula is C8H4N2O2. The minimum atomic E-state index is -0.299. The fourth-order valence-corrected chi connectivity index (χ4v) is 0.807. The molecule has 0 aliphatic heterocycles. The highest BCUT2D eigenvalue weighted by Crippen LogP contribution is 2.26. The van der Waals surface area contributed by atoms with Crippen LogP contribution in [0.15, 0.2) is 12.1 Å². The van der Waals surface area contributed by atoms with Crippen LogP contribution in [0.2, 0.25) is 0 Å². The third-order valence-electron chi connectivity index (χ3n) is 1.38. The predicted molar refractivity (Wildman–Crippen MR) is 39.2 cm³/mol. The highest BCUT2D eigenvalue weighted by atomic mass is 16.3. The van der Waals surface area contributed by atoms with Gasteiger partial charge in [0.2, 0.25) is 0 Å². The minimum absolute atomic E-state index is 0.197. The van der Waals surface area contributed by atoms with Crippen LogP contribution in [-0.4, -0.2) is 10.2 Å². The molecule has 0 heterocycles. The molecule has 0 spiro atoms. The third kappa shape index (κ3) is 1.02. The summed E-state index contributed by atoms with van der Waals surface area (Å²) < 4.78 is 0. The SMILES string of the molecule is N#Cc1c(O)ccc(O)c1C#N. The highest BCUT2D eigenvalue weighted by molar-refractivity contribution is 5.59. The summed E-state index contributed by atoms with van der Waals surface area (Å²) in [4.78, 5) is 0. The van der Waals surface area contributed by atoms with Crippen molar-refractivity contribution in [3.8, 4) is 23.6 Å². The summed E-state index contributed by atoms with van der Waals surface area (Å²) in [5.74, 6) is -0.598. The van der Waals surface area contributed by atoms with Crippen molar-refractivity contribution in [2.24, 2.45) is 0 Å². The van der Waals surface area contributed by atoms with Gasteiger partial charge in [-0.05, 0) is 12.1 Å². The lowest BCUT2D eigenvalue weighted by Gasteiger charge is -1.99. The summed E-state index contributed by atoms with van der Waals surface area (Å²) in [7, 11) is 0. The van der Waals surface area contributed by atoms with Crippen LogP contribution in [0.3, 0.4) is 0 Å². The molecule has 1 aromatic rings. The Morgan fingerprint density at radius 2 is 1.25 bits per heavy atom. The van der Waals surface area contributed by atoms with Gasteiger partial charge in [-0.2, -0.15) is 10.5 Å². The molecule has 12 heavy (non-hydrogen) atoms. The molecule has 0 bridgehead atoms. The zero-order valence-electron chi connectivity index (χ0n) is 5.94. The van der Waals surface area contributed by atoms with Gasteiger partial charge in [-0.3, -0.25) is 0 Å². The van der Waals surface area contributed by atoms with Crippen molar-refractivity contribution in [1.29, 1.82) is 10.5 Å². The van der Waals surface area contributed by atoms with Crippen LogP contribution in [0.5, 0.6) is 11.5 Å². The van der Waals surface area contributed by atoms with Gasteiger partial charge in [-0.25, -0.2) is 0 Å². The molecular weight excluding hydrogens is 156 g/mol. The van der Waals surface area contributed by atoms with E-state index in [0.29, 0.717) is 0 Å². The molecule has 0 amide bonds. The van der Waals surface area contributed by atoms with E-state index in [0.717, 1.165) is 12.1 Å². The Morgan fingerprint density at radius 3 is 1.50 bits per heavy atom.